The number of hydrogen-bond acceptors (Lipinski definition) is 3. The van der Waals surface area contributed by atoms with E-state index >= 15 is 0 Å². The van der Waals surface area contributed by atoms with E-state index in [0.717, 1.165) is 12.6 Å². The molecule has 1 atom stereocenters. The van der Waals surface area contributed by atoms with Crippen LogP contribution in [0.1, 0.15) is 33.1 Å². The number of nitrogens with zero attached hydrogens (tertiary/aromatic N) is 2. The molecular formula is C13H27N3. The van der Waals surface area contributed by atoms with Crippen LogP contribution in [-0.4, -0.2) is 55.1 Å². The zero-order chi connectivity index (χ0) is 11.6. The molecule has 1 saturated carbocycles. The third-order valence-corrected chi connectivity index (χ3v) is 4.57. The van der Waals surface area contributed by atoms with E-state index in [-0.39, 0.29) is 0 Å². The van der Waals surface area contributed by atoms with Crippen molar-refractivity contribution in [3.63, 3.8) is 0 Å². The van der Waals surface area contributed by atoms with Gasteiger partial charge in [0.1, 0.15) is 0 Å². The highest BCUT2D eigenvalue weighted by Gasteiger charge is 2.42. The Labute approximate surface area is 100.0 Å². The van der Waals surface area contributed by atoms with Gasteiger partial charge in [0.25, 0.3) is 0 Å². The van der Waals surface area contributed by atoms with Crippen molar-refractivity contribution in [3.8, 4) is 0 Å². The predicted octanol–water partition coefficient (Wildman–Crippen LogP) is 1.14. The molecule has 2 rings (SSSR count). The molecular weight excluding hydrogens is 198 g/mol. The van der Waals surface area contributed by atoms with Gasteiger partial charge < -0.3 is 10.6 Å². The molecule has 1 aliphatic carbocycles. The first-order valence-electron chi connectivity index (χ1n) is 6.85. The minimum atomic E-state index is 0.512. The normalized spacial score (nSPS) is 27.9. The van der Waals surface area contributed by atoms with Crippen LogP contribution in [0.4, 0.5) is 0 Å². The second-order valence-corrected chi connectivity index (χ2v) is 5.77. The van der Waals surface area contributed by atoms with E-state index < -0.39 is 0 Å². The maximum atomic E-state index is 5.85. The van der Waals surface area contributed by atoms with Gasteiger partial charge in [0, 0.05) is 38.8 Å². The Kier molecular flexibility index (Phi) is 3.88. The summed E-state index contributed by atoms with van der Waals surface area (Å²) in [5.74, 6) is 0. The molecule has 3 heteroatoms. The fourth-order valence-corrected chi connectivity index (χ4v) is 2.70. The van der Waals surface area contributed by atoms with Gasteiger partial charge in [0.15, 0.2) is 0 Å². The molecule has 0 aromatic carbocycles. The van der Waals surface area contributed by atoms with E-state index in [0.29, 0.717) is 5.41 Å². The first-order chi connectivity index (χ1) is 7.69. The highest BCUT2D eigenvalue weighted by atomic mass is 15.3. The van der Waals surface area contributed by atoms with E-state index in [2.05, 4.69) is 23.6 Å². The van der Waals surface area contributed by atoms with Crippen molar-refractivity contribution < 1.29 is 0 Å². The van der Waals surface area contributed by atoms with E-state index in [1.54, 1.807) is 0 Å². The summed E-state index contributed by atoms with van der Waals surface area (Å²) in [6.07, 6.45) is 3.98. The highest BCUT2D eigenvalue weighted by Crippen LogP contribution is 2.45. The van der Waals surface area contributed by atoms with E-state index in [4.69, 9.17) is 5.73 Å². The molecule has 0 spiro atoms. The Balaban J connectivity index is 1.73. The summed E-state index contributed by atoms with van der Waals surface area (Å²) in [6.45, 7) is 11.7. The highest BCUT2D eigenvalue weighted by molar-refractivity contribution is 4.97. The van der Waals surface area contributed by atoms with Gasteiger partial charge in [-0.15, -0.1) is 0 Å². The van der Waals surface area contributed by atoms with Crippen molar-refractivity contribution in [2.24, 2.45) is 11.1 Å². The Morgan fingerprint density at radius 3 is 2.25 bits per heavy atom. The molecule has 94 valence electrons. The molecule has 16 heavy (non-hydrogen) atoms. The average molecular weight is 225 g/mol. The molecule has 2 aliphatic rings. The van der Waals surface area contributed by atoms with Crippen LogP contribution in [-0.2, 0) is 0 Å². The quantitative estimate of drug-likeness (QED) is 0.761. The summed E-state index contributed by atoms with van der Waals surface area (Å²) in [5.41, 5.74) is 6.36. The van der Waals surface area contributed by atoms with Crippen molar-refractivity contribution >= 4 is 0 Å². The van der Waals surface area contributed by atoms with Crippen molar-refractivity contribution in [1.29, 1.82) is 0 Å². The molecule has 1 unspecified atom stereocenters. The molecule has 3 nitrogen and oxygen atoms in total. The Hall–Kier alpha value is -0.120. The molecule has 1 saturated heterocycles. The van der Waals surface area contributed by atoms with Crippen molar-refractivity contribution in [2.45, 2.75) is 39.2 Å². The lowest BCUT2D eigenvalue weighted by Crippen LogP contribution is -2.51. The number of piperazine rings is 1. The van der Waals surface area contributed by atoms with Crippen molar-refractivity contribution in [1.82, 2.24) is 9.80 Å². The Bertz CT molecular complexity index is 217. The summed E-state index contributed by atoms with van der Waals surface area (Å²) < 4.78 is 0. The molecule has 1 aliphatic heterocycles. The average Bonchev–Trinajstić information content (AvgIpc) is 3.09. The smallest absolute Gasteiger partial charge is 0.0113 e. The van der Waals surface area contributed by atoms with Gasteiger partial charge in [0.05, 0.1) is 0 Å². The van der Waals surface area contributed by atoms with Gasteiger partial charge in [-0.1, -0.05) is 6.92 Å². The Morgan fingerprint density at radius 1 is 1.19 bits per heavy atom. The fraction of sp³-hybridized carbons (Fsp3) is 1.00. The first kappa shape index (κ1) is 12.3. The summed E-state index contributed by atoms with van der Waals surface area (Å²) in [5, 5.41) is 0. The zero-order valence-electron chi connectivity index (χ0n) is 10.9. The lowest BCUT2D eigenvalue weighted by Gasteiger charge is -2.39. The minimum absolute atomic E-state index is 0.512. The number of hydrogen-bond donors (Lipinski definition) is 1. The van der Waals surface area contributed by atoms with Gasteiger partial charge >= 0.3 is 0 Å². The van der Waals surface area contributed by atoms with Crippen LogP contribution in [0.2, 0.25) is 0 Å². The van der Waals surface area contributed by atoms with Gasteiger partial charge in [-0.3, -0.25) is 4.90 Å². The van der Waals surface area contributed by atoms with Gasteiger partial charge in [0.2, 0.25) is 0 Å². The van der Waals surface area contributed by atoms with Crippen LogP contribution >= 0.6 is 0 Å². The number of rotatable bonds is 5. The summed E-state index contributed by atoms with van der Waals surface area (Å²) in [7, 11) is 0. The molecule has 0 aromatic rings. The van der Waals surface area contributed by atoms with Crippen molar-refractivity contribution in [3.05, 3.63) is 0 Å². The molecule has 0 radical (unpaired) electrons. The Morgan fingerprint density at radius 2 is 1.81 bits per heavy atom. The monoisotopic (exact) mass is 225 g/mol. The van der Waals surface area contributed by atoms with Crippen LogP contribution < -0.4 is 5.73 Å². The van der Waals surface area contributed by atoms with E-state index in [1.165, 1.54) is 52.0 Å². The summed E-state index contributed by atoms with van der Waals surface area (Å²) in [4.78, 5) is 5.25. The van der Waals surface area contributed by atoms with Crippen LogP contribution in [0.25, 0.3) is 0 Å². The third kappa shape index (κ3) is 2.76. The molecule has 0 amide bonds. The standard InChI is InChI=1S/C13H27N3/c1-3-12(2)16-8-6-15(7-9-16)11-13(10-14)4-5-13/h12H,3-11,14H2,1-2H3. The second-order valence-electron chi connectivity index (χ2n) is 5.77. The topological polar surface area (TPSA) is 32.5 Å². The molecule has 1 heterocycles. The maximum Gasteiger partial charge on any atom is 0.0113 e. The molecule has 2 N–H and O–H groups in total. The van der Waals surface area contributed by atoms with Crippen LogP contribution in [0.5, 0.6) is 0 Å². The first-order valence-corrected chi connectivity index (χ1v) is 6.85. The fourth-order valence-electron chi connectivity index (χ4n) is 2.70. The van der Waals surface area contributed by atoms with Crippen LogP contribution in [0.3, 0.4) is 0 Å². The van der Waals surface area contributed by atoms with E-state index in [9.17, 15) is 0 Å². The number of nitrogens with two attached hydrogens (primary N) is 1. The van der Waals surface area contributed by atoms with Crippen LogP contribution in [0.15, 0.2) is 0 Å². The summed E-state index contributed by atoms with van der Waals surface area (Å²) >= 11 is 0. The van der Waals surface area contributed by atoms with Gasteiger partial charge in [-0.2, -0.15) is 0 Å². The van der Waals surface area contributed by atoms with E-state index in [1.807, 2.05) is 0 Å². The molecule has 0 bridgehead atoms. The lowest BCUT2D eigenvalue weighted by molar-refractivity contribution is 0.0876. The largest absolute Gasteiger partial charge is 0.330 e. The predicted molar refractivity (Wildman–Crippen MR) is 68.5 cm³/mol. The SMILES string of the molecule is CCC(C)N1CCN(CC2(CN)CC2)CC1. The van der Waals surface area contributed by atoms with Gasteiger partial charge in [-0.05, 0) is 38.1 Å². The molecule has 2 fully saturated rings. The maximum absolute atomic E-state index is 5.85. The second kappa shape index (κ2) is 5.03. The lowest BCUT2D eigenvalue weighted by atomic mass is 10.1. The van der Waals surface area contributed by atoms with Crippen molar-refractivity contribution in [2.75, 3.05) is 39.3 Å². The molecule has 0 aromatic heterocycles. The minimum Gasteiger partial charge on any atom is -0.330 e. The summed E-state index contributed by atoms with van der Waals surface area (Å²) in [6, 6.07) is 0.756. The van der Waals surface area contributed by atoms with Crippen LogP contribution in [0, 0.1) is 5.41 Å². The zero-order valence-corrected chi connectivity index (χ0v) is 10.9. The third-order valence-electron chi connectivity index (χ3n) is 4.57. The van der Waals surface area contributed by atoms with Gasteiger partial charge in [-0.25, -0.2) is 0 Å².